The van der Waals surface area contributed by atoms with Crippen molar-refractivity contribution in [2.75, 3.05) is 23.1 Å². The van der Waals surface area contributed by atoms with Crippen LogP contribution in [0.1, 0.15) is 35.8 Å². The molecule has 164 valence electrons. The van der Waals surface area contributed by atoms with E-state index in [4.69, 9.17) is 4.74 Å². The first-order valence-electron chi connectivity index (χ1n) is 10.6. The monoisotopic (exact) mass is 446 g/mol. The lowest BCUT2D eigenvalue weighted by Gasteiger charge is -2.25. The minimum Gasteiger partial charge on any atom is -0.497 e. The molecule has 32 heavy (non-hydrogen) atoms. The summed E-state index contributed by atoms with van der Waals surface area (Å²) in [7, 11) is 1.61. The van der Waals surface area contributed by atoms with Gasteiger partial charge in [-0.15, -0.1) is 11.8 Å². The van der Waals surface area contributed by atoms with Crippen molar-refractivity contribution in [3.8, 4) is 5.75 Å². The Morgan fingerprint density at radius 1 is 1.09 bits per heavy atom. The van der Waals surface area contributed by atoms with Gasteiger partial charge in [-0.3, -0.25) is 14.5 Å². The minimum absolute atomic E-state index is 0.0318. The molecule has 1 aliphatic heterocycles. The van der Waals surface area contributed by atoms with Crippen LogP contribution >= 0.6 is 11.8 Å². The first kappa shape index (κ1) is 22.0. The fourth-order valence-corrected chi connectivity index (χ4v) is 5.13. The topological polar surface area (TPSA) is 58.6 Å². The number of hydrogen-bond acceptors (Lipinski definition) is 4. The summed E-state index contributed by atoms with van der Waals surface area (Å²) in [6.45, 7) is 2.01. The Balaban J connectivity index is 1.56. The molecule has 0 spiro atoms. The van der Waals surface area contributed by atoms with Gasteiger partial charge in [-0.05, 0) is 41.8 Å². The van der Waals surface area contributed by atoms with Gasteiger partial charge in [0, 0.05) is 17.4 Å². The highest BCUT2D eigenvalue weighted by Gasteiger charge is 2.34. The van der Waals surface area contributed by atoms with Crippen LogP contribution in [0.4, 0.5) is 11.4 Å². The predicted octanol–water partition coefficient (Wildman–Crippen LogP) is 5.61. The molecule has 1 fully saturated rings. The predicted molar refractivity (Wildman–Crippen MR) is 130 cm³/mol. The average Bonchev–Trinajstić information content (AvgIpc) is 3.22. The van der Waals surface area contributed by atoms with Crippen LogP contribution in [0.25, 0.3) is 0 Å². The number of rotatable bonds is 7. The Labute approximate surface area is 192 Å². The maximum absolute atomic E-state index is 13.0. The van der Waals surface area contributed by atoms with Gasteiger partial charge in [0.1, 0.15) is 11.1 Å². The fraction of sp³-hybridized carbons (Fsp3) is 0.231. The maximum Gasteiger partial charge on any atom is 0.238 e. The summed E-state index contributed by atoms with van der Waals surface area (Å²) in [6, 6.07) is 25.1. The number of nitrogens with zero attached hydrogens (tertiary/aromatic N) is 1. The van der Waals surface area contributed by atoms with E-state index in [1.807, 2.05) is 85.8 Å². The van der Waals surface area contributed by atoms with Crippen molar-refractivity contribution in [3.05, 3.63) is 90.0 Å². The summed E-state index contributed by atoms with van der Waals surface area (Å²) in [5, 5.41) is 2.90. The molecule has 6 heteroatoms. The molecule has 0 aromatic heterocycles. The molecule has 1 heterocycles. The van der Waals surface area contributed by atoms with E-state index in [1.54, 1.807) is 23.8 Å². The van der Waals surface area contributed by atoms with E-state index in [2.05, 4.69) is 5.32 Å². The van der Waals surface area contributed by atoms with E-state index in [1.165, 1.54) is 0 Å². The Hall–Kier alpha value is -3.25. The van der Waals surface area contributed by atoms with Gasteiger partial charge < -0.3 is 10.1 Å². The number of hydrogen-bond donors (Lipinski definition) is 1. The van der Waals surface area contributed by atoms with Gasteiger partial charge in [0.05, 0.1) is 18.8 Å². The second-order valence-electron chi connectivity index (χ2n) is 7.61. The fourth-order valence-electron chi connectivity index (χ4n) is 3.97. The van der Waals surface area contributed by atoms with Crippen molar-refractivity contribution >= 4 is 35.0 Å². The number of carbonyl (C=O) groups excluding carboxylic acids is 2. The summed E-state index contributed by atoms with van der Waals surface area (Å²) >= 11 is 1.58. The van der Waals surface area contributed by atoms with Crippen LogP contribution in [0.3, 0.4) is 0 Å². The molecule has 1 aliphatic rings. The molecule has 1 N–H and O–H groups in total. The van der Waals surface area contributed by atoms with Crippen LogP contribution < -0.4 is 15.0 Å². The van der Waals surface area contributed by atoms with E-state index >= 15 is 0 Å². The number of carbonyl (C=O) groups is 2. The van der Waals surface area contributed by atoms with Crippen molar-refractivity contribution in [1.29, 1.82) is 0 Å². The minimum atomic E-state index is -0.212. The summed E-state index contributed by atoms with van der Waals surface area (Å²) in [6.07, 6.45) is 0.714. The summed E-state index contributed by atoms with van der Waals surface area (Å²) in [5.74, 6) is 0.923. The van der Waals surface area contributed by atoms with E-state index in [0.717, 1.165) is 22.5 Å². The second kappa shape index (κ2) is 9.92. The van der Waals surface area contributed by atoms with Gasteiger partial charge in [0.15, 0.2) is 0 Å². The normalized spacial score (nSPS) is 16.6. The molecule has 3 aromatic carbocycles. The molecule has 4 rings (SSSR count). The van der Waals surface area contributed by atoms with Gasteiger partial charge >= 0.3 is 0 Å². The zero-order chi connectivity index (χ0) is 22.5. The lowest BCUT2D eigenvalue weighted by Crippen LogP contribution is -2.28. The highest BCUT2D eigenvalue weighted by molar-refractivity contribution is 8.00. The molecule has 0 radical (unpaired) electrons. The number of benzene rings is 3. The van der Waals surface area contributed by atoms with Crippen molar-refractivity contribution in [3.63, 3.8) is 0 Å². The number of anilines is 2. The van der Waals surface area contributed by atoms with Crippen molar-refractivity contribution in [2.45, 2.75) is 24.6 Å². The van der Waals surface area contributed by atoms with E-state index in [9.17, 15) is 9.59 Å². The second-order valence-corrected chi connectivity index (χ2v) is 8.68. The lowest BCUT2D eigenvalue weighted by atomic mass is 9.95. The van der Waals surface area contributed by atoms with Crippen LogP contribution in [0, 0.1) is 0 Å². The average molecular weight is 447 g/mol. The third kappa shape index (κ3) is 4.65. The number of thioether (sulfide) groups is 1. The van der Waals surface area contributed by atoms with Gasteiger partial charge in [0.2, 0.25) is 11.8 Å². The van der Waals surface area contributed by atoms with Crippen molar-refractivity contribution in [2.24, 2.45) is 0 Å². The van der Waals surface area contributed by atoms with Gasteiger partial charge in [-0.1, -0.05) is 55.5 Å². The third-order valence-electron chi connectivity index (χ3n) is 5.57. The van der Waals surface area contributed by atoms with E-state index < -0.39 is 0 Å². The number of ether oxygens (including phenoxy) is 1. The Morgan fingerprint density at radius 3 is 2.62 bits per heavy atom. The summed E-state index contributed by atoms with van der Waals surface area (Å²) in [4.78, 5) is 27.5. The molecule has 2 amide bonds. The summed E-state index contributed by atoms with van der Waals surface area (Å²) < 4.78 is 5.33. The zero-order valence-corrected chi connectivity index (χ0v) is 19.0. The Bertz CT molecular complexity index is 1100. The summed E-state index contributed by atoms with van der Waals surface area (Å²) in [5.41, 5.74) is 3.50. The molecule has 1 saturated heterocycles. The molecule has 5 nitrogen and oxygen atoms in total. The smallest absolute Gasteiger partial charge is 0.238 e. The van der Waals surface area contributed by atoms with Crippen LogP contribution in [-0.2, 0) is 9.59 Å². The molecule has 3 aromatic rings. The standard InChI is InChI=1S/C26H26N2O3S/c1-3-23(18-9-5-4-6-10-18)25(30)27-20-12-7-11-19(15-20)26-28(24(29)17-32-26)21-13-8-14-22(16-21)31-2/h4-16,23,26H,3,17H2,1-2H3,(H,27,30)/t23-,26-/m1/s1. The van der Waals surface area contributed by atoms with E-state index in [0.29, 0.717) is 17.9 Å². The molecular weight excluding hydrogens is 420 g/mol. The van der Waals surface area contributed by atoms with Gasteiger partial charge in [-0.25, -0.2) is 0 Å². The largest absolute Gasteiger partial charge is 0.497 e. The number of amides is 2. The molecular formula is C26H26N2O3S. The first-order chi connectivity index (χ1) is 15.6. The highest BCUT2D eigenvalue weighted by atomic mass is 32.2. The van der Waals surface area contributed by atoms with Crippen LogP contribution in [0.15, 0.2) is 78.9 Å². The molecule has 0 saturated carbocycles. The van der Waals surface area contributed by atoms with Crippen molar-refractivity contribution < 1.29 is 14.3 Å². The van der Waals surface area contributed by atoms with Gasteiger partial charge in [-0.2, -0.15) is 0 Å². The Kier molecular flexibility index (Phi) is 6.81. The molecule has 2 atom stereocenters. The zero-order valence-electron chi connectivity index (χ0n) is 18.2. The number of methoxy groups -OCH3 is 1. The molecule has 0 bridgehead atoms. The van der Waals surface area contributed by atoms with E-state index in [-0.39, 0.29) is 23.1 Å². The quantitative estimate of drug-likeness (QED) is 0.513. The van der Waals surface area contributed by atoms with Crippen LogP contribution in [-0.4, -0.2) is 24.7 Å². The number of nitrogens with one attached hydrogen (secondary N) is 1. The van der Waals surface area contributed by atoms with Crippen molar-refractivity contribution in [1.82, 2.24) is 0 Å². The Morgan fingerprint density at radius 2 is 1.88 bits per heavy atom. The molecule has 0 unspecified atom stereocenters. The first-order valence-corrected chi connectivity index (χ1v) is 11.7. The third-order valence-corrected chi connectivity index (χ3v) is 6.78. The van der Waals surface area contributed by atoms with Crippen LogP contribution in [0.2, 0.25) is 0 Å². The highest BCUT2D eigenvalue weighted by Crippen LogP contribution is 2.43. The SMILES string of the molecule is CC[C@@H](C(=O)Nc1cccc([C@H]2SCC(=O)N2c2cccc(OC)c2)c1)c1ccccc1. The maximum atomic E-state index is 13.0. The van der Waals surface area contributed by atoms with Gasteiger partial charge in [0.25, 0.3) is 0 Å². The molecule has 0 aliphatic carbocycles. The lowest BCUT2D eigenvalue weighted by molar-refractivity contribution is -0.118. The van der Waals surface area contributed by atoms with Crippen LogP contribution in [0.5, 0.6) is 5.75 Å².